The van der Waals surface area contributed by atoms with Crippen molar-refractivity contribution in [1.29, 1.82) is 0 Å². The fourth-order valence-corrected chi connectivity index (χ4v) is 5.52. The van der Waals surface area contributed by atoms with Crippen molar-refractivity contribution >= 4 is 29.2 Å². The zero-order valence-corrected chi connectivity index (χ0v) is 24.0. The van der Waals surface area contributed by atoms with Gasteiger partial charge < -0.3 is 20.1 Å². The molecular weight excluding hydrogens is 494 g/mol. The molecule has 1 saturated heterocycles. The highest BCUT2D eigenvalue weighted by molar-refractivity contribution is 7.09. The van der Waals surface area contributed by atoms with Crippen molar-refractivity contribution in [3.63, 3.8) is 0 Å². The van der Waals surface area contributed by atoms with Crippen molar-refractivity contribution in [2.45, 2.75) is 111 Å². The SMILES string of the molecule is C/C(=C\c1csc(C)n1)[C@H](C[C@@H]1O[C@]1(C)CCC[C@H](C)[C@H](O)[C@@H](C)C(=O)C(C)(C)[C@@H](O)CC(=O)O)NN. The molecule has 1 aromatic heterocycles. The number of thiazole rings is 1. The van der Waals surface area contributed by atoms with Gasteiger partial charge in [-0.3, -0.25) is 20.9 Å². The molecule has 0 aliphatic carbocycles. The smallest absolute Gasteiger partial charge is 0.306 e. The predicted molar refractivity (Wildman–Crippen MR) is 145 cm³/mol. The zero-order chi connectivity index (χ0) is 28.1. The van der Waals surface area contributed by atoms with Crippen LogP contribution in [0.3, 0.4) is 0 Å². The summed E-state index contributed by atoms with van der Waals surface area (Å²) in [6, 6.07) is -0.0266. The molecule has 1 fully saturated rings. The molecule has 0 radical (unpaired) electrons. The third-order valence-electron chi connectivity index (χ3n) is 7.93. The van der Waals surface area contributed by atoms with Gasteiger partial charge in [-0.1, -0.05) is 39.7 Å². The maximum Gasteiger partial charge on any atom is 0.306 e. The van der Waals surface area contributed by atoms with E-state index in [0.29, 0.717) is 6.42 Å². The van der Waals surface area contributed by atoms with Gasteiger partial charge in [-0.15, -0.1) is 11.3 Å². The van der Waals surface area contributed by atoms with E-state index in [9.17, 15) is 19.8 Å². The number of aromatic nitrogens is 1. The monoisotopic (exact) mass is 539 g/mol. The van der Waals surface area contributed by atoms with Crippen LogP contribution in [-0.4, -0.2) is 62.0 Å². The molecule has 6 N–H and O–H groups in total. The third-order valence-corrected chi connectivity index (χ3v) is 8.72. The second-order valence-electron chi connectivity index (χ2n) is 11.4. The Morgan fingerprint density at radius 2 is 2.00 bits per heavy atom. The molecule has 0 saturated carbocycles. The number of aliphatic hydroxyl groups excluding tert-OH is 2. The van der Waals surface area contributed by atoms with Gasteiger partial charge in [0, 0.05) is 17.3 Å². The average molecular weight is 540 g/mol. The molecule has 2 rings (SSSR count). The number of hydrazine groups is 1. The fraction of sp³-hybridized carbons (Fsp3) is 0.741. The van der Waals surface area contributed by atoms with Crippen molar-refractivity contribution < 1.29 is 29.6 Å². The first kappa shape index (κ1) is 31.5. The van der Waals surface area contributed by atoms with Crippen LogP contribution in [0.5, 0.6) is 0 Å². The number of nitrogens with two attached hydrogens (primary N) is 1. The zero-order valence-electron chi connectivity index (χ0n) is 23.2. The molecule has 0 unspecified atom stereocenters. The van der Waals surface area contributed by atoms with Crippen LogP contribution in [0.1, 0.15) is 84.3 Å². The highest BCUT2D eigenvalue weighted by atomic mass is 32.1. The van der Waals surface area contributed by atoms with Gasteiger partial charge in [-0.05, 0) is 52.0 Å². The molecule has 10 heteroatoms. The van der Waals surface area contributed by atoms with Crippen LogP contribution >= 0.6 is 11.3 Å². The molecule has 0 amide bonds. The number of carbonyl (C=O) groups excluding carboxylic acids is 1. The quantitative estimate of drug-likeness (QED) is 0.120. The summed E-state index contributed by atoms with van der Waals surface area (Å²) in [5.41, 5.74) is 3.41. The molecule has 1 aromatic rings. The number of Topliss-reactive ketones (excluding diaryl/α,β-unsaturated/α-hetero) is 1. The summed E-state index contributed by atoms with van der Waals surface area (Å²) in [4.78, 5) is 28.4. The van der Waals surface area contributed by atoms with E-state index >= 15 is 0 Å². The number of nitrogens with one attached hydrogen (secondary N) is 1. The standard InChI is InChI=1S/C27H45N3O6S/c1-15(24(34)17(3)25(35)26(5,6)21(31)13-23(32)33)9-8-10-27(7)22(36-27)12-20(30-28)16(2)11-19-14-37-18(4)29-19/h11,14-15,17,20-22,24,30-31,34H,8-10,12-13,28H2,1-7H3,(H,32,33)/b16-11+/t15-,17+,20-,21-,22-,24-,27+/m0/s1. The molecule has 37 heavy (non-hydrogen) atoms. The molecule has 1 aliphatic heterocycles. The first-order valence-electron chi connectivity index (χ1n) is 13.0. The lowest BCUT2D eigenvalue weighted by Gasteiger charge is -2.34. The number of aliphatic hydroxyl groups is 2. The number of carboxylic acid groups (broad SMARTS) is 1. The lowest BCUT2D eigenvalue weighted by atomic mass is 9.73. The number of hydrogen-bond donors (Lipinski definition) is 5. The van der Waals surface area contributed by atoms with Crippen LogP contribution in [0.15, 0.2) is 11.0 Å². The van der Waals surface area contributed by atoms with E-state index in [1.165, 1.54) is 13.8 Å². The van der Waals surface area contributed by atoms with E-state index in [4.69, 9.17) is 15.7 Å². The van der Waals surface area contributed by atoms with Crippen molar-refractivity contribution in [1.82, 2.24) is 10.4 Å². The second kappa shape index (κ2) is 12.9. The predicted octanol–water partition coefficient (Wildman–Crippen LogP) is 3.47. The van der Waals surface area contributed by atoms with Crippen molar-refractivity contribution in [3.8, 4) is 0 Å². The van der Waals surface area contributed by atoms with Gasteiger partial charge in [-0.2, -0.15) is 0 Å². The summed E-state index contributed by atoms with van der Waals surface area (Å²) >= 11 is 1.61. The minimum atomic E-state index is -1.32. The number of aliphatic carboxylic acids is 1. The molecular formula is C27H45N3O6S. The van der Waals surface area contributed by atoms with Crippen LogP contribution in [0.2, 0.25) is 0 Å². The number of hydrogen-bond acceptors (Lipinski definition) is 9. The van der Waals surface area contributed by atoms with E-state index in [2.05, 4.69) is 17.3 Å². The van der Waals surface area contributed by atoms with E-state index in [1.807, 2.05) is 32.2 Å². The number of ketones is 1. The van der Waals surface area contributed by atoms with Gasteiger partial charge in [-0.25, -0.2) is 4.98 Å². The third kappa shape index (κ3) is 8.40. The molecule has 7 atom stereocenters. The van der Waals surface area contributed by atoms with Gasteiger partial charge in [0.05, 0.1) is 46.5 Å². The summed E-state index contributed by atoms with van der Waals surface area (Å²) in [7, 11) is 0. The topological polar surface area (TPSA) is 158 Å². The van der Waals surface area contributed by atoms with Crippen LogP contribution in [0.25, 0.3) is 6.08 Å². The molecule has 0 bridgehead atoms. The Morgan fingerprint density at radius 3 is 2.54 bits per heavy atom. The number of ether oxygens (including phenoxy) is 1. The van der Waals surface area contributed by atoms with Crippen LogP contribution < -0.4 is 11.3 Å². The lowest BCUT2D eigenvalue weighted by Crippen LogP contribution is -2.45. The first-order valence-corrected chi connectivity index (χ1v) is 13.9. The number of rotatable bonds is 16. The summed E-state index contributed by atoms with van der Waals surface area (Å²) in [5.74, 6) is 3.46. The number of aryl methyl sites for hydroxylation is 1. The molecule has 0 spiro atoms. The maximum atomic E-state index is 13.0. The Morgan fingerprint density at radius 1 is 1.35 bits per heavy atom. The van der Waals surface area contributed by atoms with E-state index in [0.717, 1.165) is 35.5 Å². The first-order chi connectivity index (χ1) is 17.1. The molecule has 2 heterocycles. The molecule has 0 aromatic carbocycles. The fourth-order valence-electron chi connectivity index (χ4n) is 4.95. The highest BCUT2D eigenvalue weighted by Gasteiger charge is 2.52. The van der Waals surface area contributed by atoms with Crippen molar-refractivity contribution in [2.75, 3.05) is 0 Å². The summed E-state index contributed by atoms with van der Waals surface area (Å²) < 4.78 is 6.04. The lowest BCUT2D eigenvalue weighted by molar-refractivity contribution is -0.147. The Hall–Kier alpha value is -1.69. The normalized spacial score (nSPS) is 24.3. The van der Waals surface area contributed by atoms with Gasteiger partial charge in [0.1, 0.15) is 5.78 Å². The largest absolute Gasteiger partial charge is 0.481 e. The molecule has 210 valence electrons. The van der Waals surface area contributed by atoms with Crippen LogP contribution in [0, 0.1) is 24.2 Å². The van der Waals surface area contributed by atoms with Gasteiger partial charge >= 0.3 is 5.97 Å². The summed E-state index contributed by atoms with van der Waals surface area (Å²) in [6.07, 6.45) is 2.50. The summed E-state index contributed by atoms with van der Waals surface area (Å²) in [5, 5.41) is 33.1. The van der Waals surface area contributed by atoms with E-state index in [-0.39, 0.29) is 29.4 Å². The van der Waals surface area contributed by atoms with Crippen LogP contribution in [-0.2, 0) is 14.3 Å². The van der Waals surface area contributed by atoms with Gasteiger partial charge in [0.2, 0.25) is 0 Å². The Labute approximate surface area is 224 Å². The minimum absolute atomic E-state index is 0.0266. The van der Waals surface area contributed by atoms with Gasteiger partial charge in [0.15, 0.2) is 0 Å². The average Bonchev–Trinajstić information content (AvgIpc) is 3.27. The number of epoxide rings is 1. The molecule has 9 nitrogen and oxygen atoms in total. The van der Waals surface area contributed by atoms with Crippen molar-refractivity contribution in [2.24, 2.45) is 23.1 Å². The minimum Gasteiger partial charge on any atom is -0.481 e. The highest BCUT2D eigenvalue weighted by Crippen LogP contribution is 2.44. The van der Waals surface area contributed by atoms with E-state index < -0.39 is 35.9 Å². The summed E-state index contributed by atoms with van der Waals surface area (Å²) in [6.45, 7) is 12.7. The Kier molecular flexibility index (Phi) is 11.0. The van der Waals surface area contributed by atoms with Crippen molar-refractivity contribution in [3.05, 3.63) is 21.7 Å². The second-order valence-corrected chi connectivity index (χ2v) is 12.5. The van der Waals surface area contributed by atoms with E-state index in [1.54, 1.807) is 18.3 Å². The number of carbonyl (C=O) groups is 2. The number of nitrogens with zero attached hydrogens (tertiary/aromatic N) is 1. The van der Waals surface area contributed by atoms with Gasteiger partial charge in [0.25, 0.3) is 0 Å². The maximum absolute atomic E-state index is 13.0. The Balaban J connectivity index is 1.84. The molecule has 1 aliphatic rings. The van der Waals surface area contributed by atoms with Crippen LogP contribution in [0.4, 0.5) is 0 Å². The Bertz CT molecular complexity index is 964. The number of carboxylic acids is 1.